The fourth-order valence-electron chi connectivity index (χ4n) is 2.75. The maximum atomic E-state index is 11.9. The van der Waals surface area contributed by atoms with Crippen molar-refractivity contribution in [1.29, 1.82) is 0 Å². The molecule has 0 saturated heterocycles. The third kappa shape index (κ3) is 5.09. The fraction of sp³-hybridized carbons (Fsp3) is 0.857. The standard InChI is InChI=1S/C14H26N2O3/c1-3-14(8-4-5-9-14)11-15-13(19)16(2)10-6-7-12(17)18/h3-11H2,1-2H3,(H,15,19)(H,17,18). The molecule has 2 amide bonds. The molecule has 0 aromatic carbocycles. The van der Waals surface area contributed by atoms with Gasteiger partial charge in [0.15, 0.2) is 0 Å². The molecule has 1 aliphatic carbocycles. The molecule has 0 unspecified atom stereocenters. The van der Waals surface area contributed by atoms with Crippen molar-refractivity contribution in [2.45, 2.75) is 51.9 Å². The molecule has 1 fully saturated rings. The molecule has 19 heavy (non-hydrogen) atoms. The number of hydrogen-bond acceptors (Lipinski definition) is 2. The Morgan fingerprint density at radius 2 is 1.95 bits per heavy atom. The highest BCUT2D eigenvalue weighted by molar-refractivity contribution is 5.74. The second-order valence-electron chi connectivity index (χ2n) is 5.64. The van der Waals surface area contributed by atoms with Crippen molar-refractivity contribution < 1.29 is 14.7 Å². The van der Waals surface area contributed by atoms with Crippen LogP contribution in [0.2, 0.25) is 0 Å². The first-order valence-electron chi connectivity index (χ1n) is 7.20. The molecule has 0 aromatic rings. The summed E-state index contributed by atoms with van der Waals surface area (Å²) in [6, 6.07) is -0.0925. The number of rotatable bonds is 7. The van der Waals surface area contributed by atoms with Crippen LogP contribution in [0.15, 0.2) is 0 Å². The van der Waals surface area contributed by atoms with E-state index in [1.165, 1.54) is 25.7 Å². The van der Waals surface area contributed by atoms with Gasteiger partial charge in [-0.1, -0.05) is 19.8 Å². The Labute approximate surface area is 115 Å². The highest BCUT2D eigenvalue weighted by Crippen LogP contribution is 2.40. The smallest absolute Gasteiger partial charge is 0.317 e. The van der Waals surface area contributed by atoms with Gasteiger partial charge >= 0.3 is 12.0 Å². The van der Waals surface area contributed by atoms with Crippen molar-refractivity contribution in [3.63, 3.8) is 0 Å². The minimum absolute atomic E-state index is 0.0925. The molecule has 0 radical (unpaired) electrons. The zero-order valence-electron chi connectivity index (χ0n) is 12.1. The topological polar surface area (TPSA) is 69.6 Å². The van der Waals surface area contributed by atoms with Gasteiger partial charge < -0.3 is 15.3 Å². The maximum absolute atomic E-state index is 11.9. The largest absolute Gasteiger partial charge is 0.481 e. The highest BCUT2D eigenvalue weighted by Gasteiger charge is 2.32. The summed E-state index contributed by atoms with van der Waals surface area (Å²) in [7, 11) is 1.71. The predicted octanol–water partition coefficient (Wildman–Crippen LogP) is 2.46. The summed E-state index contributed by atoms with van der Waals surface area (Å²) in [6.07, 6.45) is 6.64. The average Bonchev–Trinajstić information content (AvgIpc) is 2.84. The Hall–Kier alpha value is -1.26. The van der Waals surface area contributed by atoms with Gasteiger partial charge in [-0.15, -0.1) is 0 Å². The van der Waals surface area contributed by atoms with Gasteiger partial charge in [-0.2, -0.15) is 0 Å². The van der Waals surface area contributed by atoms with E-state index < -0.39 is 5.97 Å². The lowest BCUT2D eigenvalue weighted by Gasteiger charge is -2.29. The normalized spacial score (nSPS) is 17.2. The summed E-state index contributed by atoms with van der Waals surface area (Å²) in [4.78, 5) is 23.9. The Balaban J connectivity index is 2.27. The summed E-state index contributed by atoms with van der Waals surface area (Å²) in [6.45, 7) is 3.41. The number of carboxylic acids is 1. The van der Waals surface area contributed by atoms with Crippen LogP contribution in [0.1, 0.15) is 51.9 Å². The molecule has 0 spiro atoms. The number of aliphatic carboxylic acids is 1. The monoisotopic (exact) mass is 270 g/mol. The van der Waals surface area contributed by atoms with E-state index in [0.29, 0.717) is 13.0 Å². The molecule has 110 valence electrons. The van der Waals surface area contributed by atoms with Crippen LogP contribution in [0.25, 0.3) is 0 Å². The first-order chi connectivity index (χ1) is 8.99. The van der Waals surface area contributed by atoms with Gasteiger partial charge in [-0.3, -0.25) is 4.79 Å². The summed E-state index contributed by atoms with van der Waals surface area (Å²) in [5.41, 5.74) is 0.289. The zero-order chi connectivity index (χ0) is 14.3. The summed E-state index contributed by atoms with van der Waals surface area (Å²) in [5.74, 6) is -0.815. The number of amides is 2. The van der Waals surface area contributed by atoms with E-state index in [0.717, 1.165) is 13.0 Å². The van der Waals surface area contributed by atoms with E-state index in [9.17, 15) is 9.59 Å². The molecule has 0 aliphatic heterocycles. The third-order valence-corrected chi connectivity index (χ3v) is 4.26. The predicted molar refractivity (Wildman–Crippen MR) is 74.1 cm³/mol. The minimum atomic E-state index is -0.815. The third-order valence-electron chi connectivity index (χ3n) is 4.26. The Kier molecular flexibility index (Phi) is 6.12. The highest BCUT2D eigenvalue weighted by atomic mass is 16.4. The second-order valence-corrected chi connectivity index (χ2v) is 5.64. The van der Waals surface area contributed by atoms with E-state index in [2.05, 4.69) is 12.2 Å². The lowest BCUT2D eigenvalue weighted by Crippen LogP contribution is -2.42. The summed E-state index contributed by atoms with van der Waals surface area (Å²) < 4.78 is 0. The number of carbonyl (C=O) groups is 2. The number of carbonyl (C=O) groups excluding carboxylic acids is 1. The van der Waals surface area contributed by atoms with Crippen LogP contribution in [-0.4, -0.2) is 42.1 Å². The van der Waals surface area contributed by atoms with Crippen LogP contribution in [0.5, 0.6) is 0 Å². The van der Waals surface area contributed by atoms with Crippen molar-refractivity contribution in [3.8, 4) is 0 Å². The first-order valence-corrected chi connectivity index (χ1v) is 7.20. The van der Waals surface area contributed by atoms with Gasteiger partial charge in [-0.05, 0) is 31.1 Å². The number of hydrogen-bond donors (Lipinski definition) is 2. The van der Waals surface area contributed by atoms with Crippen LogP contribution in [0.4, 0.5) is 4.79 Å². The van der Waals surface area contributed by atoms with Crippen molar-refractivity contribution >= 4 is 12.0 Å². The van der Waals surface area contributed by atoms with Crippen molar-refractivity contribution in [1.82, 2.24) is 10.2 Å². The van der Waals surface area contributed by atoms with Crippen molar-refractivity contribution in [2.24, 2.45) is 5.41 Å². The zero-order valence-corrected chi connectivity index (χ0v) is 12.1. The van der Waals surface area contributed by atoms with E-state index in [1.807, 2.05) is 0 Å². The second kappa shape index (κ2) is 7.36. The molecule has 0 aromatic heterocycles. The van der Waals surface area contributed by atoms with E-state index in [-0.39, 0.29) is 17.9 Å². The molecule has 0 bridgehead atoms. The molecular formula is C14H26N2O3. The average molecular weight is 270 g/mol. The van der Waals surface area contributed by atoms with Gasteiger partial charge in [0.1, 0.15) is 0 Å². The number of nitrogens with one attached hydrogen (secondary N) is 1. The molecular weight excluding hydrogens is 244 g/mol. The fourth-order valence-corrected chi connectivity index (χ4v) is 2.75. The number of urea groups is 1. The molecule has 5 heteroatoms. The van der Waals surface area contributed by atoms with E-state index >= 15 is 0 Å². The molecule has 1 saturated carbocycles. The van der Waals surface area contributed by atoms with Crippen LogP contribution in [0.3, 0.4) is 0 Å². The van der Waals surface area contributed by atoms with E-state index in [4.69, 9.17) is 5.11 Å². The van der Waals surface area contributed by atoms with Crippen molar-refractivity contribution in [3.05, 3.63) is 0 Å². The molecule has 0 heterocycles. The Morgan fingerprint density at radius 1 is 1.32 bits per heavy atom. The summed E-state index contributed by atoms with van der Waals surface area (Å²) >= 11 is 0. The van der Waals surface area contributed by atoms with E-state index in [1.54, 1.807) is 11.9 Å². The van der Waals surface area contributed by atoms with Crippen LogP contribution in [0, 0.1) is 5.41 Å². The van der Waals surface area contributed by atoms with Crippen LogP contribution >= 0.6 is 0 Å². The Morgan fingerprint density at radius 3 is 2.47 bits per heavy atom. The number of carboxylic acid groups (broad SMARTS) is 1. The van der Waals surface area contributed by atoms with Gasteiger partial charge in [0.25, 0.3) is 0 Å². The molecule has 1 aliphatic rings. The summed E-state index contributed by atoms with van der Waals surface area (Å²) in [5, 5.41) is 11.6. The Bertz CT molecular complexity index is 312. The maximum Gasteiger partial charge on any atom is 0.317 e. The first kappa shape index (κ1) is 15.8. The number of nitrogens with zero attached hydrogens (tertiary/aromatic N) is 1. The van der Waals surface area contributed by atoms with Crippen LogP contribution in [-0.2, 0) is 4.79 Å². The quantitative estimate of drug-likeness (QED) is 0.746. The van der Waals surface area contributed by atoms with Crippen molar-refractivity contribution in [2.75, 3.05) is 20.1 Å². The molecule has 1 rings (SSSR count). The van der Waals surface area contributed by atoms with Gasteiger partial charge in [0.2, 0.25) is 0 Å². The SMILES string of the molecule is CCC1(CNC(=O)N(C)CCCC(=O)O)CCCC1. The minimum Gasteiger partial charge on any atom is -0.481 e. The molecule has 0 atom stereocenters. The van der Waals surface area contributed by atoms with Gasteiger partial charge in [-0.25, -0.2) is 4.79 Å². The lowest BCUT2D eigenvalue weighted by molar-refractivity contribution is -0.137. The molecule has 5 nitrogen and oxygen atoms in total. The van der Waals surface area contributed by atoms with Crippen LogP contribution < -0.4 is 5.32 Å². The van der Waals surface area contributed by atoms with Gasteiger partial charge in [0, 0.05) is 26.6 Å². The lowest BCUT2D eigenvalue weighted by atomic mass is 9.83. The molecule has 2 N–H and O–H groups in total. The van der Waals surface area contributed by atoms with Gasteiger partial charge in [0.05, 0.1) is 0 Å².